The largest absolute Gasteiger partial charge is 0.489 e. The first-order valence-corrected chi connectivity index (χ1v) is 7.28. The van der Waals surface area contributed by atoms with Crippen molar-refractivity contribution in [2.24, 2.45) is 0 Å². The SMILES string of the molecule is Nc1cccc(COc2ccc3cc(Br)ccc3c2)c1F. The predicted octanol–water partition coefficient (Wildman–Crippen LogP) is 4.90. The van der Waals surface area contributed by atoms with Crippen LogP contribution in [0, 0.1) is 5.82 Å². The molecule has 3 rings (SSSR count). The summed E-state index contributed by atoms with van der Waals surface area (Å²) in [5.74, 6) is 0.286. The highest BCUT2D eigenvalue weighted by Crippen LogP contribution is 2.25. The Morgan fingerprint density at radius 3 is 2.62 bits per heavy atom. The molecule has 0 saturated heterocycles. The summed E-state index contributed by atoms with van der Waals surface area (Å²) in [6.45, 7) is 0.152. The molecule has 0 fully saturated rings. The quantitative estimate of drug-likeness (QED) is 0.685. The highest BCUT2D eigenvalue weighted by Gasteiger charge is 2.06. The number of ether oxygens (including phenoxy) is 1. The minimum absolute atomic E-state index is 0.138. The van der Waals surface area contributed by atoms with Gasteiger partial charge in [-0.05, 0) is 41.1 Å². The molecule has 0 atom stereocenters. The van der Waals surface area contributed by atoms with Gasteiger partial charge in [0.1, 0.15) is 12.4 Å². The lowest BCUT2D eigenvalue weighted by atomic mass is 10.1. The molecule has 0 amide bonds. The van der Waals surface area contributed by atoms with Crippen molar-refractivity contribution in [3.05, 3.63) is 70.5 Å². The molecule has 0 saturated carbocycles. The number of nitrogen functional groups attached to an aromatic ring is 1. The van der Waals surface area contributed by atoms with Gasteiger partial charge < -0.3 is 10.5 Å². The van der Waals surface area contributed by atoms with Crippen LogP contribution in [-0.4, -0.2) is 0 Å². The molecule has 0 aromatic heterocycles. The fraction of sp³-hybridized carbons (Fsp3) is 0.0588. The lowest BCUT2D eigenvalue weighted by Gasteiger charge is -2.09. The van der Waals surface area contributed by atoms with Crippen molar-refractivity contribution in [3.8, 4) is 5.75 Å². The molecule has 3 aromatic carbocycles. The van der Waals surface area contributed by atoms with Crippen LogP contribution < -0.4 is 10.5 Å². The number of fused-ring (bicyclic) bond motifs is 1. The van der Waals surface area contributed by atoms with Gasteiger partial charge in [0.05, 0.1) is 5.69 Å². The summed E-state index contributed by atoms with van der Waals surface area (Å²) in [5, 5.41) is 2.19. The minimum Gasteiger partial charge on any atom is -0.489 e. The van der Waals surface area contributed by atoms with Crippen LogP contribution in [0.3, 0.4) is 0 Å². The molecule has 2 nitrogen and oxygen atoms in total. The number of hydrogen-bond donors (Lipinski definition) is 1. The van der Waals surface area contributed by atoms with Crippen molar-refractivity contribution in [2.75, 3.05) is 5.73 Å². The zero-order chi connectivity index (χ0) is 14.8. The van der Waals surface area contributed by atoms with E-state index in [4.69, 9.17) is 10.5 Å². The second-order valence-corrected chi connectivity index (χ2v) is 5.68. The number of hydrogen-bond acceptors (Lipinski definition) is 2. The molecule has 106 valence electrons. The van der Waals surface area contributed by atoms with Gasteiger partial charge in [0.2, 0.25) is 0 Å². The van der Waals surface area contributed by atoms with Crippen molar-refractivity contribution in [2.45, 2.75) is 6.61 Å². The van der Waals surface area contributed by atoms with Crippen LogP contribution in [0.4, 0.5) is 10.1 Å². The smallest absolute Gasteiger partial charge is 0.152 e. The molecular formula is C17H13BrFNO. The second kappa shape index (κ2) is 5.74. The maximum atomic E-state index is 13.8. The molecule has 0 heterocycles. The van der Waals surface area contributed by atoms with Gasteiger partial charge >= 0.3 is 0 Å². The summed E-state index contributed by atoms with van der Waals surface area (Å²) in [4.78, 5) is 0. The Bertz CT molecular complexity index is 804. The summed E-state index contributed by atoms with van der Waals surface area (Å²) < 4.78 is 20.5. The highest BCUT2D eigenvalue weighted by molar-refractivity contribution is 9.10. The molecule has 0 aliphatic rings. The predicted molar refractivity (Wildman–Crippen MR) is 86.8 cm³/mol. The Labute approximate surface area is 130 Å². The van der Waals surface area contributed by atoms with Crippen LogP contribution in [0.25, 0.3) is 10.8 Å². The number of halogens is 2. The van der Waals surface area contributed by atoms with E-state index in [2.05, 4.69) is 15.9 Å². The van der Waals surface area contributed by atoms with E-state index >= 15 is 0 Å². The van der Waals surface area contributed by atoms with Gasteiger partial charge in [0.25, 0.3) is 0 Å². The van der Waals surface area contributed by atoms with Crippen molar-refractivity contribution < 1.29 is 9.13 Å². The fourth-order valence-corrected chi connectivity index (χ4v) is 2.54. The van der Waals surface area contributed by atoms with Gasteiger partial charge in [0.15, 0.2) is 5.82 Å². The van der Waals surface area contributed by atoms with Gasteiger partial charge in [-0.1, -0.05) is 40.2 Å². The highest BCUT2D eigenvalue weighted by atomic mass is 79.9. The standard InChI is InChI=1S/C17H13BrFNO/c18-14-6-4-12-9-15(7-5-11(12)8-14)21-10-13-2-1-3-16(20)17(13)19/h1-9H,10,20H2. The van der Waals surface area contributed by atoms with E-state index in [1.165, 1.54) is 6.07 Å². The molecular weight excluding hydrogens is 333 g/mol. The third kappa shape index (κ3) is 3.00. The van der Waals surface area contributed by atoms with Gasteiger partial charge in [-0.3, -0.25) is 0 Å². The van der Waals surface area contributed by atoms with Crippen molar-refractivity contribution >= 4 is 32.4 Å². The van der Waals surface area contributed by atoms with Crippen LogP contribution >= 0.6 is 15.9 Å². The summed E-state index contributed by atoms with van der Waals surface area (Å²) >= 11 is 3.44. The third-order valence-corrected chi connectivity index (χ3v) is 3.77. The molecule has 4 heteroatoms. The maximum absolute atomic E-state index is 13.8. The average Bonchev–Trinajstić information content (AvgIpc) is 2.49. The lowest BCUT2D eigenvalue weighted by molar-refractivity contribution is 0.300. The van der Waals surface area contributed by atoms with Crippen LogP contribution in [0.15, 0.2) is 59.1 Å². The Morgan fingerprint density at radius 1 is 1.00 bits per heavy atom. The first-order chi connectivity index (χ1) is 10.1. The van der Waals surface area contributed by atoms with Crippen LogP contribution in [-0.2, 0) is 6.61 Å². The van der Waals surface area contributed by atoms with E-state index < -0.39 is 5.82 Å². The second-order valence-electron chi connectivity index (χ2n) is 4.76. The Morgan fingerprint density at radius 2 is 1.76 bits per heavy atom. The van der Waals surface area contributed by atoms with E-state index in [0.29, 0.717) is 11.3 Å². The van der Waals surface area contributed by atoms with E-state index in [1.807, 2.05) is 36.4 Å². The van der Waals surface area contributed by atoms with E-state index in [0.717, 1.165) is 15.2 Å². The molecule has 21 heavy (non-hydrogen) atoms. The molecule has 0 aliphatic heterocycles. The Kier molecular flexibility index (Phi) is 3.80. The average molecular weight is 346 g/mol. The fourth-order valence-electron chi connectivity index (χ4n) is 2.16. The monoisotopic (exact) mass is 345 g/mol. The molecule has 0 spiro atoms. The van der Waals surface area contributed by atoms with Crippen LogP contribution in [0.5, 0.6) is 5.75 Å². The summed E-state index contributed by atoms with van der Waals surface area (Å²) in [7, 11) is 0. The zero-order valence-electron chi connectivity index (χ0n) is 11.1. The Hall–Kier alpha value is -2.07. The number of anilines is 1. The summed E-state index contributed by atoms with van der Waals surface area (Å²) in [6.07, 6.45) is 0. The van der Waals surface area contributed by atoms with Gasteiger partial charge in [-0.2, -0.15) is 0 Å². The molecule has 2 N–H and O–H groups in total. The van der Waals surface area contributed by atoms with E-state index in [1.54, 1.807) is 12.1 Å². The van der Waals surface area contributed by atoms with Crippen LogP contribution in [0.1, 0.15) is 5.56 Å². The number of nitrogens with two attached hydrogens (primary N) is 1. The van der Waals surface area contributed by atoms with Gasteiger partial charge in [0, 0.05) is 10.0 Å². The lowest BCUT2D eigenvalue weighted by Crippen LogP contribution is -2.01. The van der Waals surface area contributed by atoms with Gasteiger partial charge in [-0.15, -0.1) is 0 Å². The molecule has 0 bridgehead atoms. The summed E-state index contributed by atoms with van der Waals surface area (Å²) in [5.41, 5.74) is 6.13. The normalized spacial score (nSPS) is 10.8. The molecule has 0 radical (unpaired) electrons. The summed E-state index contributed by atoms with van der Waals surface area (Å²) in [6, 6.07) is 16.7. The van der Waals surface area contributed by atoms with Crippen molar-refractivity contribution in [1.82, 2.24) is 0 Å². The van der Waals surface area contributed by atoms with E-state index in [-0.39, 0.29) is 12.3 Å². The first kappa shape index (κ1) is 13.9. The zero-order valence-corrected chi connectivity index (χ0v) is 12.7. The molecule has 0 aliphatic carbocycles. The molecule has 0 unspecified atom stereocenters. The third-order valence-electron chi connectivity index (χ3n) is 3.28. The topological polar surface area (TPSA) is 35.2 Å². The number of benzene rings is 3. The Balaban J connectivity index is 1.82. The van der Waals surface area contributed by atoms with E-state index in [9.17, 15) is 4.39 Å². The van der Waals surface area contributed by atoms with Crippen molar-refractivity contribution in [3.63, 3.8) is 0 Å². The first-order valence-electron chi connectivity index (χ1n) is 6.48. The van der Waals surface area contributed by atoms with Gasteiger partial charge in [-0.25, -0.2) is 4.39 Å². The number of rotatable bonds is 3. The molecule has 3 aromatic rings. The van der Waals surface area contributed by atoms with Crippen molar-refractivity contribution in [1.29, 1.82) is 0 Å². The minimum atomic E-state index is -0.415. The van der Waals surface area contributed by atoms with Crippen LogP contribution in [0.2, 0.25) is 0 Å². The maximum Gasteiger partial charge on any atom is 0.152 e.